The predicted octanol–water partition coefficient (Wildman–Crippen LogP) is 0.0826. The molecule has 0 saturated heterocycles. The Morgan fingerprint density at radius 3 is 2.72 bits per heavy atom. The van der Waals surface area contributed by atoms with Gasteiger partial charge in [0.25, 0.3) is 0 Å². The third-order valence-corrected chi connectivity index (χ3v) is 3.17. The lowest BCUT2D eigenvalue weighted by molar-refractivity contribution is -0.0310. The molecule has 1 aliphatic rings. The topological polar surface area (TPSA) is 54.0 Å². The number of rotatable bonds is 11. The van der Waals surface area contributed by atoms with Crippen LogP contribution >= 0.6 is 0 Å². The maximum Gasteiger partial charge on any atom is 0.0897 e. The maximum absolute atomic E-state index is 9.71. The van der Waals surface area contributed by atoms with Crippen LogP contribution in [0.25, 0.3) is 0 Å². The van der Waals surface area contributed by atoms with Gasteiger partial charge in [-0.15, -0.1) is 0 Å². The number of ether oxygens (including phenoxy) is 2. The molecule has 5 nitrogen and oxygen atoms in total. The van der Waals surface area contributed by atoms with Gasteiger partial charge in [-0.3, -0.25) is 0 Å². The van der Waals surface area contributed by atoms with Crippen LogP contribution in [0.3, 0.4) is 0 Å². The van der Waals surface area contributed by atoms with Crippen LogP contribution in [0.15, 0.2) is 0 Å². The molecule has 0 amide bonds. The molecule has 18 heavy (non-hydrogen) atoms. The first-order valence-corrected chi connectivity index (χ1v) is 6.83. The molecule has 108 valence electrons. The van der Waals surface area contributed by atoms with Crippen LogP contribution in [-0.2, 0) is 9.47 Å². The van der Waals surface area contributed by atoms with E-state index in [1.807, 2.05) is 6.92 Å². The first-order valence-electron chi connectivity index (χ1n) is 6.83. The third-order valence-electron chi connectivity index (χ3n) is 3.17. The fourth-order valence-electron chi connectivity index (χ4n) is 1.84. The Labute approximate surface area is 110 Å². The van der Waals surface area contributed by atoms with Gasteiger partial charge in [-0.05, 0) is 26.8 Å². The van der Waals surface area contributed by atoms with E-state index in [1.165, 1.54) is 12.8 Å². The molecular weight excluding hydrogens is 232 g/mol. The molecule has 1 rings (SSSR count). The van der Waals surface area contributed by atoms with Crippen molar-refractivity contribution in [3.63, 3.8) is 0 Å². The summed E-state index contributed by atoms with van der Waals surface area (Å²) >= 11 is 0. The van der Waals surface area contributed by atoms with Crippen molar-refractivity contribution in [2.75, 3.05) is 47.0 Å². The minimum Gasteiger partial charge on any atom is -0.389 e. The van der Waals surface area contributed by atoms with Gasteiger partial charge in [0.15, 0.2) is 0 Å². The molecule has 2 unspecified atom stereocenters. The third kappa shape index (κ3) is 7.28. The van der Waals surface area contributed by atoms with E-state index < -0.39 is 6.10 Å². The number of nitrogens with zero attached hydrogens (tertiary/aromatic N) is 1. The lowest BCUT2D eigenvalue weighted by atomic mass is 10.3. The van der Waals surface area contributed by atoms with Crippen molar-refractivity contribution in [3.05, 3.63) is 0 Å². The molecular formula is C13H28N2O3. The van der Waals surface area contributed by atoms with Gasteiger partial charge in [-0.1, -0.05) is 0 Å². The maximum atomic E-state index is 9.71. The van der Waals surface area contributed by atoms with Crippen molar-refractivity contribution in [2.24, 2.45) is 0 Å². The van der Waals surface area contributed by atoms with E-state index >= 15 is 0 Å². The fourth-order valence-corrected chi connectivity index (χ4v) is 1.84. The highest BCUT2D eigenvalue weighted by Gasteiger charge is 2.25. The summed E-state index contributed by atoms with van der Waals surface area (Å²) in [5, 5.41) is 13.0. The monoisotopic (exact) mass is 260 g/mol. The molecule has 0 spiro atoms. The van der Waals surface area contributed by atoms with Gasteiger partial charge in [-0.25, -0.2) is 0 Å². The van der Waals surface area contributed by atoms with Crippen molar-refractivity contribution >= 4 is 0 Å². The molecule has 2 N–H and O–H groups in total. The average Bonchev–Trinajstić information content (AvgIpc) is 3.16. The van der Waals surface area contributed by atoms with Gasteiger partial charge in [-0.2, -0.15) is 0 Å². The smallest absolute Gasteiger partial charge is 0.0897 e. The van der Waals surface area contributed by atoms with Crippen LogP contribution in [0.1, 0.15) is 19.8 Å². The van der Waals surface area contributed by atoms with Crippen LogP contribution < -0.4 is 5.32 Å². The zero-order valence-corrected chi connectivity index (χ0v) is 11.9. The number of hydrogen-bond acceptors (Lipinski definition) is 5. The second-order valence-corrected chi connectivity index (χ2v) is 5.17. The Balaban J connectivity index is 1.90. The molecule has 1 fully saturated rings. The second-order valence-electron chi connectivity index (χ2n) is 5.17. The predicted molar refractivity (Wildman–Crippen MR) is 71.8 cm³/mol. The highest BCUT2D eigenvalue weighted by atomic mass is 16.5. The van der Waals surface area contributed by atoms with Gasteiger partial charge >= 0.3 is 0 Å². The highest BCUT2D eigenvalue weighted by molar-refractivity contribution is 4.82. The van der Waals surface area contributed by atoms with E-state index in [0.717, 1.165) is 19.1 Å². The summed E-state index contributed by atoms with van der Waals surface area (Å²) in [5.41, 5.74) is 0. The van der Waals surface area contributed by atoms with Gasteiger partial charge in [0.1, 0.15) is 0 Å². The minimum atomic E-state index is -0.449. The minimum absolute atomic E-state index is 0.0330. The van der Waals surface area contributed by atoms with Crippen molar-refractivity contribution in [3.8, 4) is 0 Å². The van der Waals surface area contributed by atoms with E-state index in [0.29, 0.717) is 19.8 Å². The summed E-state index contributed by atoms with van der Waals surface area (Å²) < 4.78 is 10.4. The lowest BCUT2D eigenvalue weighted by Crippen LogP contribution is -2.36. The van der Waals surface area contributed by atoms with Crippen molar-refractivity contribution in [2.45, 2.75) is 38.0 Å². The number of nitrogens with one attached hydrogen (secondary N) is 1. The standard InChI is InChI=1S/C13H28N2O3/c1-11(9-17-3)18-10-13(16)8-14-6-7-15(2)12-4-5-12/h11-14,16H,4-10H2,1-3H3. The quantitative estimate of drug-likeness (QED) is 0.515. The molecule has 1 aliphatic carbocycles. The Morgan fingerprint density at radius 1 is 1.39 bits per heavy atom. The zero-order chi connectivity index (χ0) is 13.4. The molecule has 0 aliphatic heterocycles. The Kier molecular flexibility index (Phi) is 7.77. The summed E-state index contributed by atoms with van der Waals surface area (Å²) in [4.78, 5) is 2.37. The first kappa shape index (κ1) is 15.9. The first-order chi connectivity index (χ1) is 8.63. The summed E-state index contributed by atoms with van der Waals surface area (Å²) in [7, 11) is 3.81. The van der Waals surface area contributed by atoms with Crippen LogP contribution in [0.2, 0.25) is 0 Å². The normalized spacial score (nSPS) is 19.2. The number of hydrogen-bond donors (Lipinski definition) is 2. The van der Waals surface area contributed by atoms with Crippen molar-refractivity contribution in [1.82, 2.24) is 10.2 Å². The van der Waals surface area contributed by atoms with Crippen molar-refractivity contribution in [1.29, 1.82) is 0 Å². The molecule has 0 aromatic heterocycles. The van der Waals surface area contributed by atoms with Gasteiger partial charge in [0, 0.05) is 32.8 Å². The van der Waals surface area contributed by atoms with Crippen LogP contribution in [0.4, 0.5) is 0 Å². The molecule has 0 aromatic carbocycles. The zero-order valence-electron chi connectivity index (χ0n) is 11.9. The van der Waals surface area contributed by atoms with Crippen LogP contribution in [0, 0.1) is 0 Å². The highest BCUT2D eigenvalue weighted by Crippen LogP contribution is 2.24. The van der Waals surface area contributed by atoms with Gasteiger partial charge < -0.3 is 24.8 Å². The molecule has 0 radical (unpaired) electrons. The fraction of sp³-hybridized carbons (Fsp3) is 1.00. The summed E-state index contributed by atoms with van der Waals surface area (Å²) in [6.45, 7) is 5.39. The largest absolute Gasteiger partial charge is 0.389 e. The molecule has 1 saturated carbocycles. The lowest BCUT2D eigenvalue weighted by Gasteiger charge is -2.18. The van der Waals surface area contributed by atoms with E-state index in [9.17, 15) is 5.11 Å². The molecule has 0 heterocycles. The van der Waals surface area contributed by atoms with E-state index in [-0.39, 0.29) is 6.10 Å². The Morgan fingerprint density at radius 2 is 2.11 bits per heavy atom. The average molecular weight is 260 g/mol. The van der Waals surface area contributed by atoms with Gasteiger partial charge in [0.05, 0.1) is 25.4 Å². The molecule has 0 bridgehead atoms. The van der Waals surface area contributed by atoms with Crippen LogP contribution in [-0.4, -0.2) is 75.3 Å². The number of aliphatic hydroxyl groups excluding tert-OH is 1. The Hall–Kier alpha value is -0.200. The summed E-state index contributed by atoms with van der Waals surface area (Å²) in [6.07, 6.45) is 2.26. The Bertz CT molecular complexity index is 212. The summed E-state index contributed by atoms with van der Waals surface area (Å²) in [5.74, 6) is 0. The number of likely N-dealkylation sites (N-methyl/N-ethyl adjacent to an activating group) is 1. The molecule has 0 aromatic rings. The van der Waals surface area contributed by atoms with Crippen molar-refractivity contribution < 1.29 is 14.6 Å². The number of aliphatic hydroxyl groups is 1. The molecule has 5 heteroatoms. The van der Waals surface area contributed by atoms with Gasteiger partial charge in [0.2, 0.25) is 0 Å². The van der Waals surface area contributed by atoms with Crippen LogP contribution in [0.5, 0.6) is 0 Å². The summed E-state index contributed by atoms with van der Waals surface area (Å²) in [6, 6.07) is 0.801. The number of methoxy groups -OCH3 is 1. The van der Waals surface area contributed by atoms with E-state index in [2.05, 4.69) is 17.3 Å². The SMILES string of the molecule is COCC(C)OCC(O)CNCCN(C)C1CC1. The molecule has 2 atom stereocenters. The van der Waals surface area contributed by atoms with E-state index in [1.54, 1.807) is 7.11 Å². The van der Waals surface area contributed by atoms with E-state index in [4.69, 9.17) is 9.47 Å². The second kappa shape index (κ2) is 8.82.